The molecule has 1 aromatic rings. The molecular weight excluding hydrogens is 368 g/mol. The van der Waals surface area contributed by atoms with E-state index in [9.17, 15) is 23.3 Å². The fraction of sp³-hybridized carbons (Fsp3) is 0.364. The first-order chi connectivity index (χ1) is 9.73. The average Bonchev–Trinajstić information content (AvgIpc) is 2.87. The van der Waals surface area contributed by atoms with Crippen LogP contribution in [0.2, 0.25) is 0 Å². The lowest BCUT2D eigenvalue weighted by Crippen LogP contribution is -2.40. The summed E-state index contributed by atoms with van der Waals surface area (Å²) in [5.74, 6) is -1.22. The number of nitro benzene ring substituents is 1. The minimum Gasteiger partial charge on any atom is -0.480 e. The van der Waals surface area contributed by atoms with Gasteiger partial charge in [-0.05, 0) is 18.9 Å². The monoisotopic (exact) mass is 378 g/mol. The molecule has 0 unspecified atom stereocenters. The summed E-state index contributed by atoms with van der Waals surface area (Å²) in [6.07, 6.45) is 0.664. The molecule has 1 saturated heterocycles. The molecule has 1 atom stereocenters. The van der Waals surface area contributed by atoms with Crippen molar-refractivity contribution in [1.29, 1.82) is 0 Å². The van der Waals surface area contributed by atoms with Crippen LogP contribution in [0, 0.1) is 10.1 Å². The lowest BCUT2D eigenvalue weighted by atomic mass is 10.2. The highest BCUT2D eigenvalue weighted by molar-refractivity contribution is 9.10. The van der Waals surface area contributed by atoms with E-state index in [0.29, 0.717) is 6.42 Å². The van der Waals surface area contributed by atoms with Gasteiger partial charge in [-0.1, -0.05) is 15.9 Å². The maximum atomic E-state index is 12.5. The van der Waals surface area contributed by atoms with Crippen molar-refractivity contribution in [3.05, 3.63) is 32.8 Å². The molecule has 1 aromatic carbocycles. The van der Waals surface area contributed by atoms with Crippen molar-refractivity contribution in [3.8, 4) is 0 Å². The quantitative estimate of drug-likeness (QED) is 0.627. The molecule has 114 valence electrons. The van der Waals surface area contributed by atoms with Crippen LogP contribution in [0.25, 0.3) is 0 Å². The van der Waals surface area contributed by atoms with Crippen molar-refractivity contribution in [2.24, 2.45) is 0 Å². The highest BCUT2D eigenvalue weighted by atomic mass is 79.9. The number of carboxylic acids is 1. The smallest absolute Gasteiger partial charge is 0.322 e. The van der Waals surface area contributed by atoms with Gasteiger partial charge in [0, 0.05) is 23.2 Å². The van der Waals surface area contributed by atoms with Crippen LogP contribution < -0.4 is 0 Å². The van der Waals surface area contributed by atoms with E-state index >= 15 is 0 Å². The Hall–Kier alpha value is -1.52. The van der Waals surface area contributed by atoms with E-state index in [2.05, 4.69) is 15.9 Å². The summed E-state index contributed by atoms with van der Waals surface area (Å²) in [7, 11) is -4.09. The third kappa shape index (κ3) is 3.06. The molecule has 0 aliphatic carbocycles. The van der Waals surface area contributed by atoms with E-state index in [4.69, 9.17) is 5.11 Å². The molecular formula is C11H11BrN2O6S. The number of halogens is 1. The van der Waals surface area contributed by atoms with Gasteiger partial charge in [-0.2, -0.15) is 4.31 Å². The largest absolute Gasteiger partial charge is 0.480 e. The predicted molar refractivity (Wildman–Crippen MR) is 75.3 cm³/mol. The number of nitro groups is 1. The Morgan fingerprint density at radius 2 is 2.10 bits per heavy atom. The molecule has 0 bridgehead atoms. The van der Waals surface area contributed by atoms with Crippen LogP contribution in [0.1, 0.15) is 12.8 Å². The minimum absolute atomic E-state index is 0.0829. The summed E-state index contributed by atoms with van der Waals surface area (Å²) in [6, 6.07) is 2.20. The molecule has 0 saturated carbocycles. The maximum absolute atomic E-state index is 12.5. The van der Waals surface area contributed by atoms with Crippen molar-refractivity contribution in [1.82, 2.24) is 4.31 Å². The zero-order chi connectivity index (χ0) is 15.8. The Bertz CT molecular complexity index is 705. The van der Waals surface area contributed by atoms with Gasteiger partial charge < -0.3 is 5.11 Å². The lowest BCUT2D eigenvalue weighted by Gasteiger charge is -2.20. The summed E-state index contributed by atoms with van der Waals surface area (Å²) < 4.78 is 26.1. The molecule has 1 aliphatic heterocycles. The molecule has 21 heavy (non-hydrogen) atoms. The van der Waals surface area contributed by atoms with Crippen LogP contribution in [-0.2, 0) is 14.8 Å². The van der Waals surface area contributed by atoms with Gasteiger partial charge >= 0.3 is 5.97 Å². The second kappa shape index (κ2) is 5.70. The number of hydrogen-bond acceptors (Lipinski definition) is 5. The number of carbonyl (C=O) groups is 1. The van der Waals surface area contributed by atoms with Crippen LogP contribution >= 0.6 is 15.9 Å². The number of benzene rings is 1. The van der Waals surface area contributed by atoms with Crippen LogP contribution in [0.3, 0.4) is 0 Å². The highest BCUT2D eigenvalue weighted by Gasteiger charge is 2.40. The zero-order valence-electron chi connectivity index (χ0n) is 10.6. The number of rotatable bonds is 4. The number of hydrogen-bond donors (Lipinski definition) is 1. The molecule has 2 rings (SSSR count). The normalized spacial score (nSPS) is 19.6. The minimum atomic E-state index is -4.09. The summed E-state index contributed by atoms with van der Waals surface area (Å²) >= 11 is 3.02. The standard InChI is InChI=1S/C11H11BrN2O6S/c12-7-4-8(14(17)18)6-9(5-7)21(19,20)13-3-1-2-10(13)11(15)16/h4-6,10H,1-3H2,(H,15,16)/t10-/m1/s1. The van der Waals surface area contributed by atoms with E-state index in [1.807, 2.05) is 0 Å². The Labute approximate surface area is 128 Å². The molecule has 1 N–H and O–H groups in total. The van der Waals surface area contributed by atoms with Gasteiger partial charge in [0.05, 0.1) is 9.82 Å². The van der Waals surface area contributed by atoms with Crippen LogP contribution in [-0.4, -0.2) is 41.3 Å². The molecule has 8 nitrogen and oxygen atoms in total. The first-order valence-electron chi connectivity index (χ1n) is 5.93. The number of aliphatic carboxylic acids is 1. The van der Waals surface area contributed by atoms with Gasteiger partial charge in [-0.15, -0.1) is 0 Å². The second-order valence-electron chi connectivity index (χ2n) is 4.51. The van der Waals surface area contributed by atoms with Gasteiger partial charge in [0.2, 0.25) is 10.0 Å². The summed E-state index contributed by atoms with van der Waals surface area (Å²) in [4.78, 5) is 20.9. The van der Waals surface area contributed by atoms with Crippen LogP contribution in [0.5, 0.6) is 0 Å². The molecule has 0 aromatic heterocycles. The molecule has 10 heteroatoms. The summed E-state index contributed by atoms with van der Waals surface area (Å²) in [5.41, 5.74) is -0.381. The predicted octanol–water partition coefficient (Wildman–Crippen LogP) is 1.59. The highest BCUT2D eigenvalue weighted by Crippen LogP contribution is 2.30. The molecule has 1 fully saturated rings. The molecule has 0 amide bonds. The third-order valence-electron chi connectivity index (χ3n) is 3.16. The molecule has 0 radical (unpaired) electrons. The van der Waals surface area contributed by atoms with Crippen molar-refractivity contribution < 1.29 is 23.2 Å². The van der Waals surface area contributed by atoms with Gasteiger partial charge in [-0.3, -0.25) is 14.9 Å². The number of carboxylic acid groups (broad SMARTS) is 1. The zero-order valence-corrected chi connectivity index (χ0v) is 13.0. The van der Waals surface area contributed by atoms with Gasteiger partial charge in [0.25, 0.3) is 5.69 Å². The molecule has 0 spiro atoms. The fourth-order valence-corrected chi connectivity index (χ4v) is 4.56. The SMILES string of the molecule is O=C(O)[C@H]1CCCN1S(=O)(=O)c1cc(Br)cc([N+](=O)[O-])c1. The van der Waals surface area contributed by atoms with E-state index < -0.39 is 27.0 Å². The lowest BCUT2D eigenvalue weighted by molar-refractivity contribution is -0.385. The Balaban J connectivity index is 2.49. The average molecular weight is 379 g/mol. The Morgan fingerprint density at radius 3 is 2.67 bits per heavy atom. The molecule has 1 heterocycles. The van der Waals surface area contributed by atoms with Crippen molar-refractivity contribution in [3.63, 3.8) is 0 Å². The molecule has 1 aliphatic rings. The van der Waals surface area contributed by atoms with Gasteiger partial charge in [-0.25, -0.2) is 8.42 Å². The second-order valence-corrected chi connectivity index (χ2v) is 7.32. The fourth-order valence-electron chi connectivity index (χ4n) is 2.21. The maximum Gasteiger partial charge on any atom is 0.322 e. The van der Waals surface area contributed by atoms with E-state index in [0.717, 1.165) is 10.4 Å². The Kier molecular flexibility index (Phi) is 4.30. The van der Waals surface area contributed by atoms with Crippen LogP contribution in [0.15, 0.2) is 27.6 Å². The summed E-state index contributed by atoms with van der Waals surface area (Å²) in [6.45, 7) is 0.0829. The van der Waals surface area contributed by atoms with Crippen LogP contribution in [0.4, 0.5) is 5.69 Å². The summed E-state index contributed by atoms with van der Waals surface area (Å²) in [5, 5.41) is 19.9. The van der Waals surface area contributed by atoms with Gasteiger partial charge in [0.15, 0.2) is 0 Å². The Morgan fingerprint density at radius 1 is 1.43 bits per heavy atom. The topological polar surface area (TPSA) is 118 Å². The first-order valence-corrected chi connectivity index (χ1v) is 8.16. The van der Waals surface area contributed by atoms with Gasteiger partial charge in [0.1, 0.15) is 6.04 Å². The third-order valence-corrected chi connectivity index (χ3v) is 5.51. The van der Waals surface area contributed by atoms with E-state index in [1.54, 1.807) is 0 Å². The first kappa shape index (κ1) is 15.9. The number of non-ortho nitro benzene ring substituents is 1. The number of nitrogens with zero attached hydrogens (tertiary/aromatic N) is 2. The van der Waals surface area contributed by atoms with Crippen molar-refractivity contribution >= 4 is 37.6 Å². The number of sulfonamides is 1. The van der Waals surface area contributed by atoms with Crippen molar-refractivity contribution in [2.45, 2.75) is 23.8 Å². The van der Waals surface area contributed by atoms with E-state index in [1.165, 1.54) is 12.1 Å². The van der Waals surface area contributed by atoms with E-state index in [-0.39, 0.29) is 28.0 Å². The van der Waals surface area contributed by atoms with Crippen molar-refractivity contribution in [2.75, 3.05) is 6.54 Å².